The number of hydrogen-bond donors (Lipinski definition) is 1. The number of allylic oxidation sites excluding steroid dienone is 1. The fourth-order valence-electron chi connectivity index (χ4n) is 3.23. The zero-order chi connectivity index (χ0) is 22.3. The lowest BCUT2D eigenvalue weighted by Crippen LogP contribution is -2.25. The van der Waals surface area contributed by atoms with E-state index in [4.69, 9.17) is 4.74 Å². The highest BCUT2D eigenvalue weighted by molar-refractivity contribution is 8.15. The average Bonchev–Trinajstić information content (AvgIpc) is 3.14. The molecule has 160 valence electrons. The topological polar surface area (TPSA) is 72.5 Å². The number of carbonyl (C=O) groups is 3. The van der Waals surface area contributed by atoms with Crippen LogP contribution in [0.5, 0.6) is 5.75 Å². The minimum atomic E-state index is -0.413. The summed E-state index contributed by atoms with van der Waals surface area (Å²) in [5.74, 6) is 0.396. The molecular weight excluding hydrogens is 422 g/mol. The SMILES string of the molecule is O=C1NC(=O)C(Cc2ccc(C(=O)/C=C/c3ccc(OCc4ccccc4)cc3)cc2)S1. The number of thioether (sulfide) groups is 1. The number of carbonyl (C=O) groups excluding carboxylic acids is 3. The van der Waals surface area contributed by atoms with E-state index in [2.05, 4.69) is 5.32 Å². The third kappa shape index (κ3) is 5.74. The summed E-state index contributed by atoms with van der Waals surface area (Å²) in [4.78, 5) is 35.4. The number of amides is 2. The van der Waals surface area contributed by atoms with Gasteiger partial charge in [-0.25, -0.2) is 0 Å². The number of ether oxygens (including phenoxy) is 1. The predicted octanol–water partition coefficient (Wildman–Crippen LogP) is 5.06. The molecule has 4 rings (SSSR count). The Bertz CT molecular complexity index is 1140. The maximum absolute atomic E-state index is 12.5. The Morgan fingerprint density at radius 2 is 1.62 bits per heavy atom. The number of rotatable bonds is 8. The molecular formula is C26H21NO4S. The molecule has 3 aromatic carbocycles. The molecule has 1 aliphatic rings. The van der Waals surface area contributed by atoms with E-state index < -0.39 is 5.25 Å². The van der Waals surface area contributed by atoms with E-state index in [0.29, 0.717) is 18.6 Å². The van der Waals surface area contributed by atoms with Gasteiger partial charge in [0.15, 0.2) is 5.78 Å². The van der Waals surface area contributed by atoms with Gasteiger partial charge in [0.25, 0.3) is 5.24 Å². The lowest BCUT2D eigenvalue weighted by atomic mass is 10.0. The average molecular weight is 444 g/mol. The van der Waals surface area contributed by atoms with Gasteiger partial charge in [0, 0.05) is 5.56 Å². The normalized spacial score (nSPS) is 15.7. The van der Waals surface area contributed by atoms with E-state index >= 15 is 0 Å². The van der Waals surface area contributed by atoms with Gasteiger partial charge in [0.1, 0.15) is 12.4 Å². The van der Waals surface area contributed by atoms with E-state index in [9.17, 15) is 14.4 Å². The van der Waals surface area contributed by atoms with Crippen LogP contribution < -0.4 is 10.1 Å². The molecule has 1 saturated heterocycles. The molecule has 0 bridgehead atoms. The third-order valence-corrected chi connectivity index (χ3v) is 5.96. The quantitative estimate of drug-likeness (QED) is 0.389. The van der Waals surface area contributed by atoms with Crippen LogP contribution in [0.1, 0.15) is 27.0 Å². The fraction of sp³-hybridized carbons (Fsp3) is 0.115. The van der Waals surface area contributed by atoms with Crippen molar-refractivity contribution in [2.45, 2.75) is 18.3 Å². The van der Waals surface area contributed by atoms with E-state index in [1.165, 1.54) is 6.08 Å². The van der Waals surface area contributed by atoms with Gasteiger partial charge in [-0.1, -0.05) is 84.6 Å². The monoisotopic (exact) mass is 443 g/mol. The van der Waals surface area contributed by atoms with Crippen molar-refractivity contribution in [1.29, 1.82) is 0 Å². The minimum Gasteiger partial charge on any atom is -0.489 e. The molecule has 0 aromatic heterocycles. The first-order chi connectivity index (χ1) is 15.6. The lowest BCUT2D eigenvalue weighted by molar-refractivity contribution is -0.118. The van der Waals surface area contributed by atoms with Crippen molar-refractivity contribution >= 4 is 34.8 Å². The predicted molar refractivity (Wildman–Crippen MR) is 126 cm³/mol. The second-order valence-electron chi connectivity index (χ2n) is 7.33. The number of nitrogens with one attached hydrogen (secondary N) is 1. The maximum atomic E-state index is 12.5. The summed E-state index contributed by atoms with van der Waals surface area (Å²) >= 11 is 1.00. The summed E-state index contributed by atoms with van der Waals surface area (Å²) in [5.41, 5.74) is 3.47. The van der Waals surface area contributed by atoms with E-state index in [1.54, 1.807) is 18.2 Å². The summed E-state index contributed by atoms with van der Waals surface area (Å²) < 4.78 is 5.78. The molecule has 0 radical (unpaired) electrons. The van der Waals surface area contributed by atoms with Gasteiger partial charge in [-0.2, -0.15) is 0 Å². The minimum absolute atomic E-state index is 0.107. The summed E-state index contributed by atoms with van der Waals surface area (Å²) in [6.07, 6.45) is 3.75. The van der Waals surface area contributed by atoms with E-state index in [0.717, 1.165) is 34.2 Å². The van der Waals surface area contributed by atoms with Crippen molar-refractivity contribution in [3.63, 3.8) is 0 Å². The first kappa shape index (κ1) is 21.6. The van der Waals surface area contributed by atoms with Crippen molar-refractivity contribution in [2.24, 2.45) is 0 Å². The molecule has 6 heteroatoms. The largest absolute Gasteiger partial charge is 0.489 e. The van der Waals surface area contributed by atoms with Gasteiger partial charge < -0.3 is 4.74 Å². The summed E-state index contributed by atoms with van der Waals surface area (Å²) in [6, 6.07) is 24.6. The zero-order valence-electron chi connectivity index (χ0n) is 17.2. The summed E-state index contributed by atoms with van der Waals surface area (Å²) in [5, 5.41) is 1.56. The van der Waals surface area contributed by atoms with Gasteiger partial charge >= 0.3 is 0 Å². The van der Waals surface area contributed by atoms with Crippen LogP contribution in [-0.2, 0) is 17.8 Å². The molecule has 1 fully saturated rings. The van der Waals surface area contributed by atoms with Crippen molar-refractivity contribution in [3.05, 3.63) is 107 Å². The molecule has 3 aromatic rings. The third-order valence-electron chi connectivity index (χ3n) is 4.98. The molecule has 1 unspecified atom stereocenters. The number of ketones is 1. The molecule has 1 atom stereocenters. The maximum Gasteiger partial charge on any atom is 0.286 e. The second kappa shape index (κ2) is 10.1. The first-order valence-electron chi connectivity index (χ1n) is 10.2. The van der Waals surface area contributed by atoms with Crippen molar-refractivity contribution in [2.75, 3.05) is 0 Å². The Morgan fingerprint density at radius 1 is 0.906 bits per heavy atom. The van der Waals surface area contributed by atoms with Gasteiger partial charge in [0.2, 0.25) is 5.91 Å². The molecule has 32 heavy (non-hydrogen) atoms. The molecule has 1 aliphatic heterocycles. The zero-order valence-corrected chi connectivity index (χ0v) is 18.0. The van der Waals surface area contributed by atoms with Crippen LogP contribution in [0.3, 0.4) is 0 Å². The lowest BCUT2D eigenvalue weighted by Gasteiger charge is -2.06. The molecule has 0 aliphatic carbocycles. The van der Waals surface area contributed by atoms with Crippen LogP contribution in [0.2, 0.25) is 0 Å². The molecule has 0 saturated carbocycles. The Kier molecular flexibility index (Phi) is 6.82. The van der Waals surface area contributed by atoms with Crippen LogP contribution in [0.25, 0.3) is 6.08 Å². The van der Waals surface area contributed by atoms with E-state index in [1.807, 2.05) is 66.7 Å². The number of benzene rings is 3. The standard InChI is InChI=1S/C26H21NO4S/c28-23(21-11-6-19(7-12-21)16-24-25(29)27-26(30)32-24)15-10-18-8-13-22(14-9-18)31-17-20-4-2-1-3-5-20/h1-15,24H,16-17H2,(H,27,29,30)/b15-10+. The van der Waals surface area contributed by atoms with Gasteiger partial charge in [-0.05, 0) is 41.3 Å². The Labute approximate surface area is 190 Å². The van der Waals surface area contributed by atoms with Crippen LogP contribution in [0, 0.1) is 0 Å². The fourth-order valence-corrected chi connectivity index (χ4v) is 4.09. The van der Waals surface area contributed by atoms with Crippen LogP contribution in [0.4, 0.5) is 4.79 Å². The number of imide groups is 1. The Hall–Kier alpha value is -3.64. The van der Waals surface area contributed by atoms with Crippen molar-refractivity contribution in [3.8, 4) is 5.75 Å². The molecule has 1 N–H and O–H groups in total. The van der Waals surface area contributed by atoms with Gasteiger partial charge in [-0.3, -0.25) is 19.7 Å². The van der Waals surface area contributed by atoms with Crippen LogP contribution in [-0.4, -0.2) is 22.2 Å². The molecule has 5 nitrogen and oxygen atoms in total. The smallest absolute Gasteiger partial charge is 0.286 e. The number of hydrogen-bond acceptors (Lipinski definition) is 5. The van der Waals surface area contributed by atoms with Gasteiger partial charge in [-0.15, -0.1) is 0 Å². The highest BCUT2D eigenvalue weighted by Gasteiger charge is 2.31. The summed E-state index contributed by atoms with van der Waals surface area (Å²) in [7, 11) is 0. The van der Waals surface area contributed by atoms with Crippen molar-refractivity contribution in [1.82, 2.24) is 5.32 Å². The van der Waals surface area contributed by atoms with Crippen LogP contribution in [0.15, 0.2) is 84.9 Å². The van der Waals surface area contributed by atoms with Crippen molar-refractivity contribution < 1.29 is 19.1 Å². The second-order valence-corrected chi connectivity index (χ2v) is 8.50. The Morgan fingerprint density at radius 3 is 2.28 bits per heavy atom. The molecule has 1 heterocycles. The highest BCUT2D eigenvalue weighted by Crippen LogP contribution is 2.23. The van der Waals surface area contributed by atoms with Crippen LogP contribution >= 0.6 is 11.8 Å². The molecule has 2 amide bonds. The van der Waals surface area contributed by atoms with Gasteiger partial charge in [0.05, 0.1) is 5.25 Å². The highest BCUT2D eigenvalue weighted by atomic mass is 32.2. The van der Waals surface area contributed by atoms with E-state index in [-0.39, 0.29) is 16.9 Å². The first-order valence-corrected chi connectivity index (χ1v) is 11.0. The summed E-state index contributed by atoms with van der Waals surface area (Å²) in [6.45, 7) is 0.505. The molecule has 0 spiro atoms. The Balaban J connectivity index is 1.30.